The van der Waals surface area contributed by atoms with Gasteiger partial charge in [-0.15, -0.1) is 0 Å². The maximum Gasteiger partial charge on any atom is 0.231 e. The van der Waals surface area contributed by atoms with E-state index in [0.29, 0.717) is 5.92 Å². The Labute approximate surface area is 95.3 Å². The summed E-state index contributed by atoms with van der Waals surface area (Å²) in [7, 11) is 0. The van der Waals surface area contributed by atoms with Crippen LogP contribution < -0.4 is 0 Å². The van der Waals surface area contributed by atoms with E-state index in [9.17, 15) is 0 Å². The number of hydrogen-bond donors (Lipinski definition) is 2. The molecular weight excluding hydrogens is 204 g/mol. The summed E-state index contributed by atoms with van der Waals surface area (Å²) in [6.07, 6.45) is 2.73. The SMILES string of the molecule is CCC(C)c1ccccc1.N=C=O.N=C=O. The number of isocyanates is 2. The summed E-state index contributed by atoms with van der Waals surface area (Å²) >= 11 is 0. The zero-order chi connectivity index (χ0) is 12.8. The summed E-state index contributed by atoms with van der Waals surface area (Å²) in [5.74, 6) is 0.709. The van der Waals surface area contributed by atoms with Gasteiger partial charge in [-0.1, -0.05) is 44.2 Å². The quantitative estimate of drug-likeness (QED) is 0.593. The highest BCUT2D eigenvalue weighted by Crippen LogP contribution is 2.16. The molecule has 16 heavy (non-hydrogen) atoms. The van der Waals surface area contributed by atoms with Crippen molar-refractivity contribution in [1.82, 2.24) is 0 Å². The Kier molecular flexibility index (Phi) is 13.3. The number of benzene rings is 1. The maximum absolute atomic E-state index is 8.35. The van der Waals surface area contributed by atoms with Crippen molar-refractivity contribution in [1.29, 1.82) is 10.8 Å². The Morgan fingerprint density at radius 2 is 1.50 bits per heavy atom. The second-order valence-corrected chi connectivity index (χ2v) is 2.92. The van der Waals surface area contributed by atoms with E-state index in [1.807, 2.05) is 0 Å². The van der Waals surface area contributed by atoms with Crippen LogP contribution in [0.4, 0.5) is 0 Å². The Bertz CT molecular complexity index is 312. The Balaban J connectivity index is 0. The van der Waals surface area contributed by atoms with Gasteiger partial charge in [-0.25, -0.2) is 20.4 Å². The van der Waals surface area contributed by atoms with Crippen LogP contribution in [0.15, 0.2) is 30.3 Å². The smallest absolute Gasteiger partial charge is 0.222 e. The van der Waals surface area contributed by atoms with E-state index in [-0.39, 0.29) is 0 Å². The minimum atomic E-state index is 0.709. The third-order valence-electron chi connectivity index (χ3n) is 1.98. The molecule has 0 amide bonds. The van der Waals surface area contributed by atoms with Crippen LogP contribution in [-0.4, -0.2) is 12.2 Å². The molecule has 0 saturated carbocycles. The largest absolute Gasteiger partial charge is 0.231 e. The second-order valence-electron chi connectivity index (χ2n) is 2.92. The van der Waals surface area contributed by atoms with Gasteiger partial charge in [0.2, 0.25) is 12.2 Å². The molecule has 4 heteroatoms. The van der Waals surface area contributed by atoms with Gasteiger partial charge in [-0.05, 0) is 17.9 Å². The first-order valence-corrected chi connectivity index (χ1v) is 4.80. The zero-order valence-corrected chi connectivity index (χ0v) is 9.49. The lowest BCUT2D eigenvalue weighted by Gasteiger charge is -2.06. The molecule has 0 radical (unpaired) electrons. The van der Waals surface area contributed by atoms with Crippen LogP contribution in [0.25, 0.3) is 0 Å². The maximum atomic E-state index is 8.35. The van der Waals surface area contributed by atoms with Gasteiger partial charge in [0.25, 0.3) is 0 Å². The lowest BCUT2D eigenvalue weighted by Crippen LogP contribution is -1.88. The van der Waals surface area contributed by atoms with Crippen LogP contribution in [0.5, 0.6) is 0 Å². The first-order chi connectivity index (χ1) is 7.67. The van der Waals surface area contributed by atoms with Gasteiger partial charge in [0, 0.05) is 0 Å². The summed E-state index contributed by atoms with van der Waals surface area (Å²) in [6.45, 7) is 4.48. The predicted molar refractivity (Wildman–Crippen MR) is 62.0 cm³/mol. The van der Waals surface area contributed by atoms with Crippen LogP contribution in [0.2, 0.25) is 0 Å². The molecule has 0 aliphatic rings. The monoisotopic (exact) mass is 220 g/mol. The zero-order valence-electron chi connectivity index (χ0n) is 9.49. The van der Waals surface area contributed by atoms with E-state index in [4.69, 9.17) is 20.4 Å². The topological polar surface area (TPSA) is 81.8 Å². The molecule has 0 spiro atoms. The molecule has 0 heterocycles. The van der Waals surface area contributed by atoms with E-state index in [2.05, 4.69) is 44.2 Å². The van der Waals surface area contributed by atoms with E-state index < -0.39 is 0 Å². The number of nitrogens with one attached hydrogen (secondary N) is 2. The van der Waals surface area contributed by atoms with E-state index in [0.717, 1.165) is 12.2 Å². The van der Waals surface area contributed by atoms with Crippen molar-refractivity contribution >= 4 is 12.2 Å². The molecule has 1 unspecified atom stereocenters. The molecule has 0 aliphatic heterocycles. The number of carbonyl (C=O) groups excluding carboxylic acids is 2. The lowest BCUT2D eigenvalue weighted by molar-refractivity contribution is 0.562. The van der Waals surface area contributed by atoms with E-state index in [1.54, 1.807) is 0 Å². The lowest BCUT2D eigenvalue weighted by atomic mass is 9.99. The fraction of sp³-hybridized carbons (Fsp3) is 0.333. The van der Waals surface area contributed by atoms with Crippen LogP contribution in [0, 0.1) is 10.8 Å². The van der Waals surface area contributed by atoms with Gasteiger partial charge in [0.1, 0.15) is 0 Å². The van der Waals surface area contributed by atoms with Crippen molar-refractivity contribution in [2.24, 2.45) is 0 Å². The van der Waals surface area contributed by atoms with Crippen LogP contribution in [-0.2, 0) is 9.59 Å². The summed E-state index contributed by atoms with van der Waals surface area (Å²) in [5.41, 5.74) is 1.45. The standard InChI is InChI=1S/C10H14.2CHNO/c1-3-9(2)10-7-5-4-6-8-10;2*2-1-3/h4-9H,3H2,1-2H3;2*2H. The summed E-state index contributed by atoms with van der Waals surface area (Å²) < 4.78 is 0. The number of hydrogen-bond acceptors (Lipinski definition) is 4. The minimum Gasteiger partial charge on any atom is -0.222 e. The van der Waals surface area contributed by atoms with Crippen LogP contribution >= 0.6 is 0 Å². The van der Waals surface area contributed by atoms with Crippen molar-refractivity contribution in [2.45, 2.75) is 26.2 Å². The molecule has 4 nitrogen and oxygen atoms in total. The molecule has 0 saturated heterocycles. The first kappa shape index (κ1) is 16.4. The minimum absolute atomic E-state index is 0.709. The average molecular weight is 220 g/mol. The molecule has 2 N–H and O–H groups in total. The van der Waals surface area contributed by atoms with Gasteiger partial charge in [0.15, 0.2) is 0 Å². The molecule has 1 aromatic rings. The highest BCUT2D eigenvalue weighted by molar-refractivity contribution is 5.26. The van der Waals surface area contributed by atoms with Crippen molar-refractivity contribution < 1.29 is 9.59 Å². The van der Waals surface area contributed by atoms with E-state index in [1.165, 1.54) is 12.0 Å². The third-order valence-corrected chi connectivity index (χ3v) is 1.98. The van der Waals surface area contributed by atoms with Crippen molar-refractivity contribution in [3.05, 3.63) is 35.9 Å². The molecular formula is C12H16N2O2. The van der Waals surface area contributed by atoms with Gasteiger partial charge >= 0.3 is 0 Å². The highest BCUT2D eigenvalue weighted by atomic mass is 16.1. The fourth-order valence-electron chi connectivity index (χ4n) is 1.02. The van der Waals surface area contributed by atoms with Crippen molar-refractivity contribution in [3.63, 3.8) is 0 Å². The Morgan fingerprint density at radius 3 is 1.81 bits per heavy atom. The average Bonchev–Trinajstić information content (AvgIpc) is 2.31. The van der Waals surface area contributed by atoms with Crippen LogP contribution in [0.1, 0.15) is 31.7 Å². The van der Waals surface area contributed by atoms with Crippen LogP contribution in [0.3, 0.4) is 0 Å². The predicted octanol–water partition coefficient (Wildman–Crippen LogP) is 3.00. The summed E-state index contributed by atoms with van der Waals surface area (Å²) in [5, 5.41) is 10.8. The van der Waals surface area contributed by atoms with Crippen molar-refractivity contribution in [2.75, 3.05) is 0 Å². The van der Waals surface area contributed by atoms with Gasteiger partial charge in [0.05, 0.1) is 0 Å². The molecule has 86 valence electrons. The van der Waals surface area contributed by atoms with E-state index >= 15 is 0 Å². The molecule has 0 fully saturated rings. The fourth-order valence-corrected chi connectivity index (χ4v) is 1.02. The Hall–Kier alpha value is -2.02. The summed E-state index contributed by atoms with van der Waals surface area (Å²) in [4.78, 5) is 16.7. The molecule has 1 rings (SSSR count). The summed E-state index contributed by atoms with van der Waals surface area (Å²) in [6, 6.07) is 10.6. The molecule has 1 aromatic carbocycles. The van der Waals surface area contributed by atoms with Crippen molar-refractivity contribution in [3.8, 4) is 0 Å². The highest BCUT2D eigenvalue weighted by Gasteiger charge is 1.98. The third kappa shape index (κ3) is 10.1. The normalized spacial score (nSPS) is 9.12. The van der Waals surface area contributed by atoms with Gasteiger partial charge < -0.3 is 0 Å². The van der Waals surface area contributed by atoms with Gasteiger partial charge in [-0.2, -0.15) is 0 Å². The molecule has 1 atom stereocenters. The number of rotatable bonds is 2. The Morgan fingerprint density at radius 1 is 1.12 bits per heavy atom. The molecule has 0 bridgehead atoms. The second kappa shape index (κ2) is 13.0. The molecule has 0 aromatic heterocycles. The first-order valence-electron chi connectivity index (χ1n) is 4.80. The molecule has 0 aliphatic carbocycles. The van der Waals surface area contributed by atoms with Gasteiger partial charge in [-0.3, -0.25) is 0 Å².